The lowest BCUT2D eigenvalue weighted by Crippen LogP contribution is -2.36. The van der Waals surface area contributed by atoms with Crippen LogP contribution in [0.2, 0.25) is 0 Å². The molecular weight excluding hydrogens is 354 g/mol. The van der Waals surface area contributed by atoms with Gasteiger partial charge in [-0.25, -0.2) is 8.51 Å². The highest BCUT2D eigenvalue weighted by molar-refractivity contribution is 7.91. The molecule has 0 saturated carbocycles. The largest absolute Gasteiger partial charge is 0.286 e. The number of rotatable bonds is 4. The number of carbonyl (C=O) groups is 1. The van der Waals surface area contributed by atoms with E-state index in [1.54, 1.807) is 28.6 Å². The lowest BCUT2D eigenvalue weighted by atomic mass is 10.2. The second kappa shape index (κ2) is 7.76. The van der Waals surface area contributed by atoms with Gasteiger partial charge < -0.3 is 0 Å². The zero-order valence-electron chi connectivity index (χ0n) is 14.1. The normalized spacial score (nSPS) is 17.2. The van der Waals surface area contributed by atoms with Crippen LogP contribution in [-0.4, -0.2) is 32.4 Å². The van der Waals surface area contributed by atoms with Crippen LogP contribution in [-0.2, 0) is 9.92 Å². The van der Waals surface area contributed by atoms with E-state index in [1.165, 1.54) is 18.2 Å². The van der Waals surface area contributed by atoms with Crippen LogP contribution < -0.4 is 0 Å². The van der Waals surface area contributed by atoms with Gasteiger partial charge in [-0.2, -0.15) is 0 Å². The zero-order chi connectivity index (χ0) is 18.6. The molecule has 1 atom stereocenters. The van der Waals surface area contributed by atoms with E-state index in [9.17, 15) is 19.1 Å². The van der Waals surface area contributed by atoms with Crippen LogP contribution in [0.5, 0.6) is 0 Å². The first-order valence-electron chi connectivity index (χ1n) is 8.37. The number of nitrogens with zero attached hydrogens (tertiary/aromatic N) is 3. The van der Waals surface area contributed by atoms with Crippen LogP contribution in [0.3, 0.4) is 0 Å². The van der Waals surface area contributed by atoms with Gasteiger partial charge in [0.1, 0.15) is 9.92 Å². The maximum absolute atomic E-state index is 13.7. The summed E-state index contributed by atoms with van der Waals surface area (Å²) in [6, 6.07) is 14.0. The smallest absolute Gasteiger partial charge is 0.266 e. The van der Waals surface area contributed by atoms with E-state index in [-0.39, 0.29) is 11.3 Å². The van der Waals surface area contributed by atoms with Gasteiger partial charge in [-0.3, -0.25) is 14.9 Å². The van der Waals surface area contributed by atoms with E-state index in [0.717, 1.165) is 25.3 Å². The van der Waals surface area contributed by atoms with Gasteiger partial charge in [0.25, 0.3) is 11.6 Å². The average Bonchev–Trinajstić information content (AvgIpc) is 2.69. The second-order valence-corrected chi connectivity index (χ2v) is 8.17. The molecule has 8 heteroatoms. The fourth-order valence-electron chi connectivity index (χ4n) is 2.89. The molecule has 1 saturated heterocycles. The summed E-state index contributed by atoms with van der Waals surface area (Å²) < 4.78 is 19.6. The zero-order valence-corrected chi connectivity index (χ0v) is 14.9. The summed E-state index contributed by atoms with van der Waals surface area (Å²) in [6.45, 7) is 1.19. The second-order valence-electron chi connectivity index (χ2n) is 6.00. The number of hydrogen-bond acceptors (Lipinski definition) is 4. The Hall–Kier alpha value is -2.58. The van der Waals surface area contributed by atoms with Crippen molar-refractivity contribution < 1.29 is 13.9 Å². The minimum Gasteiger partial charge on any atom is -0.266 e. The van der Waals surface area contributed by atoms with Gasteiger partial charge in [-0.1, -0.05) is 30.7 Å². The molecule has 1 heterocycles. The number of piperidine rings is 1. The molecule has 2 aromatic carbocycles. The highest BCUT2D eigenvalue weighted by Crippen LogP contribution is 2.24. The highest BCUT2D eigenvalue weighted by Gasteiger charge is 2.26. The summed E-state index contributed by atoms with van der Waals surface area (Å²) in [4.78, 5) is 23.5. The Labute approximate surface area is 152 Å². The van der Waals surface area contributed by atoms with E-state index in [4.69, 9.17) is 0 Å². The van der Waals surface area contributed by atoms with Gasteiger partial charge in [0.2, 0.25) is 0 Å². The average molecular weight is 373 g/mol. The predicted octanol–water partition coefficient (Wildman–Crippen LogP) is 3.66. The molecule has 7 nitrogen and oxygen atoms in total. The quantitative estimate of drug-likeness (QED) is 0.604. The van der Waals surface area contributed by atoms with Crippen molar-refractivity contribution in [3.8, 4) is 0 Å². The van der Waals surface area contributed by atoms with Crippen LogP contribution in [0.4, 0.5) is 5.69 Å². The maximum atomic E-state index is 13.7. The van der Waals surface area contributed by atoms with Crippen molar-refractivity contribution in [2.45, 2.75) is 24.2 Å². The van der Waals surface area contributed by atoms with Crippen molar-refractivity contribution in [1.29, 1.82) is 0 Å². The van der Waals surface area contributed by atoms with Crippen molar-refractivity contribution in [1.82, 2.24) is 4.31 Å². The van der Waals surface area contributed by atoms with Gasteiger partial charge in [0.05, 0.1) is 9.82 Å². The minimum absolute atomic E-state index is 0.0554. The van der Waals surface area contributed by atoms with Gasteiger partial charge in [-0.05, 0) is 31.0 Å². The lowest BCUT2D eigenvalue weighted by Gasteiger charge is -2.29. The van der Waals surface area contributed by atoms with Crippen molar-refractivity contribution in [2.75, 3.05) is 13.1 Å². The van der Waals surface area contributed by atoms with E-state index < -0.39 is 20.7 Å². The molecule has 1 unspecified atom stereocenters. The van der Waals surface area contributed by atoms with Gasteiger partial charge in [0.15, 0.2) is 0 Å². The first-order valence-corrected chi connectivity index (χ1v) is 9.84. The van der Waals surface area contributed by atoms with Gasteiger partial charge in [0, 0.05) is 30.8 Å². The Balaban J connectivity index is 2.06. The molecule has 2 aromatic rings. The number of nitro benzene ring substituents is 1. The minimum atomic E-state index is -3.11. The molecule has 0 radical (unpaired) electrons. The molecular formula is C18H19N3O4S. The number of amides is 1. The Morgan fingerprint density at radius 1 is 1.04 bits per heavy atom. The molecule has 0 aliphatic carbocycles. The molecule has 0 bridgehead atoms. The monoisotopic (exact) mass is 373 g/mol. The van der Waals surface area contributed by atoms with Gasteiger partial charge >= 0.3 is 0 Å². The van der Waals surface area contributed by atoms with E-state index in [1.807, 2.05) is 6.07 Å². The molecule has 1 aliphatic rings. The van der Waals surface area contributed by atoms with Crippen LogP contribution in [0.15, 0.2) is 63.9 Å². The van der Waals surface area contributed by atoms with Crippen molar-refractivity contribution in [3.05, 3.63) is 70.3 Å². The molecule has 1 aliphatic heterocycles. The molecule has 0 spiro atoms. The van der Waals surface area contributed by atoms with Crippen LogP contribution in [0.25, 0.3) is 0 Å². The Morgan fingerprint density at radius 2 is 1.73 bits per heavy atom. The van der Waals surface area contributed by atoms with Crippen molar-refractivity contribution in [3.63, 3.8) is 0 Å². The van der Waals surface area contributed by atoms with Gasteiger partial charge in [-0.15, -0.1) is 4.36 Å². The molecule has 136 valence electrons. The Bertz CT molecular complexity index is 930. The molecule has 26 heavy (non-hydrogen) atoms. The summed E-state index contributed by atoms with van der Waals surface area (Å²) in [5.74, 6) is -0.715. The van der Waals surface area contributed by atoms with E-state index >= 15 is 0 Å². The summed E-state index contributed by atoms with van der Waals surface area (Å²) in [7, 11) is -3.11. The van der Waals surface area contributed by atoms with Crippen LogP contribution in [0.1, 0.15) is 29.6 Å². The molecule has 0 N–H and O–H groups in total. The maximum Gasteiger partial charge on any atom is 0.286 e. The number of hydrogen-bond donors (Lipinski definition) is 0. The summed E-state index contributed by atoms with van der Waals surface area (Å²) in [5.41, 5.74) is -0.143. The SMILES string of the molecule is O=C(N=S(=O)(c1ccccc1)N1CCCCC1)c1cccc([N+](=O)[O-])c1. The number of non-ortho nitro benzene ring substituents is 1. The topological polar surface area (TPSA) is 92.9 Å². The third-order valence-electron chi connectivity index (χ3n) is 4.23. The highest BCUT2D eigenvalue weighted by atomic mass is 32.2. The summed E-state index contributed by atoms with van der Waals surface area (Å²) in [6.07, 6.45) is 2.84. The Morgan fingerprint density at radius 3 is 2.38 bits per heavy atom. The van der Waals surface area contributed by atoms with Crippen LogP contribution >= 0.6 is 0 Å². The number of nitro groups is 1. The van der Waals surface area contributed by atoms with Crippen LogP contribution in [0, 0.1) is 10.1 Å². The van der Waals surface area contributed by atoms with E-state index in [0.29, 0.717) is 18.0 Å². The first kappa shape index (κ1) is 18.2. The standard InChI is InChI=1S/C18H19N3O4S/c22-18(15-8-7-9-16(14-15)21(23)24)19-26(25,17-10-3-1-4-11-17)20-12-5-2-6-13-20/h1,3-4,7-11,14H,2,5-6,12-13H2. The lowest BCUT2D eigenvalue weighted by molar-refractivity contribution is -0.384. The summed E-state index contributed by atoms with van der Waals surface area (Å²) >= 11 is 0. The number of carbonyl (C=O) groups excluding carboxylic acids is 1. The van der Waals surface area contributed by atoms with E-state index in [2.05, 4.69) is 4.36 Å². The van der Waals surface area contributed by atoms with Crippen molar-refractivity contribution in [2.24, 2.45) is 4.36 Å². The molecule has 0 aromatic heterocycles. The fourth-order valence-corrected chi connectivity index (χ4v) is 5.00. The Kier molecular flexibility index (Phi) is 5.43. The third kappa shape index (κ3) is 3.81. The van der Waals surface area contributed by atoms with Crippen molar-refractivity contribution >= 4 is 21.5 Å². The number of benzene rings is 2. The first-order chi connectivity index (χ1) is 12.5. The third-order valence-corrected chi connectivity index (χ3v) is 6.59. The molecule has 3 rings (SSSR count). The summed E-state index contributed by atoms with van der Waals surface area (Å²) in [5, 5.41) is 10.9. The fraction of sp³-hybridized carbons (Fsp3) is 0.278. The predicted molar refractivity (Wildman–Crippen MR) is 98.1 cm³/mol. The molecule has 1 fully saturated rings. The molecule has 1 amide bonds.